The topological polar surface area (TPSA) is 26.0 Å². The van der Waals surface area contributed by atoms with Crippen molar-refractivity contribution in [1.29, 1.82) is 0 Å². The number of nitrogens with two attached hydrogens (primary N) is 1. The predicted molar refractivity (Wildman–Crippen MR) is 66.9 cm³/mol. The first-order valence-electron chi connectivity index (χ1n) is 5.72. The maximum absolute atomic E-state index is 5.64. The second-order valence-electron chi connectivity index (χ2n) is 5.63. The van der Waals surface area contributed by atoms with Crippen LogP contribution in [0.2, 0.25) is 30.3 Å². The molecule has 0 aromatic heterocycles. The van der Waals surface area contributed by atoms with Crippen molar-refractivity contribution in [1.82, 2.24) is 0 Å². The molecule has 0 spiro atoms. The molecule has 1 aliphatic rings. The van der Waals surface area contributed by atoms with E-state index in [1.54, 1.807) is 12.5 Å². The Labute approximate surface area is 86.3 Å². The lowest BCUT2D eigenvalue weighted by atomic mass is 10.1. The number of hydrogen-bond donors (Lipinski definition) is 1. The van der Waals surface area contributed by atoms with Crippen LogP contribution < -0.4 is 5.73 Å². The molecule has 0 radical (unpaired) electrons. The van der Waals surface area contributed by atoms with Crippen molar-refractivity contribution in [2.75, 3.05) is 6.54 Å². The molecule has 1 atom stereocenters. The van der Waals surface area contributed by atoms with Crippen molar-refractivity contribution in [3.8, 4) is 0 Å². The van der Waals surface area contributed by atoms with Crippen LogP contribution in [0.1, 0.15) is 25.7 Å². The van der Waals surface area contributed by atoms with Gasteiger partial charge in [0, 0.05) is 17.6 Å². The van der Waals surface area contributed by atoms with E-state index in [0.29, 0.717) is 0 Å². The van der Waals surface area contributed by atoms with Gasteiger partial charge in [-0.3, -0.25) is 0 Å². The van der Waals surface area contributed by atoms with E-state index in [-0.39, 0.29) is 9.52 Å². The summed E-state index contributed by atoms with van der Waals surface area (Å²) in [4.78, 5) is 0. The summed E-state index contributed by atoms with van der Waals surface area (Å²) in [7, 11) is -0.673. The second-order valence-corrected chi connectivity index (χ2v) is 14.5. The zero-order valence-electron chi connectivity index (χ0n) is 9.53. The van der Waals surface area contributed by atoms with Crippen molar-refractivity contribution < 1.29 is 0 Å². The van der Waals surface area contributed by atoms with Crippen LogP contribution in [-0.4, -0.2) is 24.1 Å². The van der Waals surface area contributed by atoms with Crippen molar-refractivity contribution in [3.05, 3.63) is 0 Å². The van der Waals surface area contributed by atoms with Gasteiger partial charge in [0.1, 0.15) is 0 Å². The van der Waals surface area contributed by atoms with Crippen molar-refractivity contribution in [2.45, 2.75) is 56.0 Å². The molecule has 3 heteroatoms. The fraction of sp³-hybridized carbons (Fsp3) is 1.00. The number of rotatable bonds is 4. The third kappa shape index (κ3) is 2.45. The third-order valence-electron chi connectivity index (χ3n) is 4.01. The minimum absolute atomic E-state index is 0.232. The molecule has 0 amide bonds. The summed E-state index contributed by atoms with van der Waals surface area (Å²) >= 11 is 0. The zero-order chi connectivity index (χ0) is 9.95. The molecule has 2 N–H and O–H groups in total. The Hall–Kier alpha value is 0.394. The van der Waals surface area contributed by atoms with E-state index in [0.717, 1.165) is 11.2 Å². The average molecular weight is 215 g/mol. The predicted octanol–water partition coefficient (Wildman–Crippen LogP) is 2.14. The molecule has 0 aliphatic carbocycles. The highest BCUT2D eigenvalue weighted by Crippen LogP contribution is 2.50. The maximum Gasteiger partial charge on any atom is 0.0473 e. The van der Waals surface area contributed by atoms with Gasteiger partial charge in [0.2, 0.25) is 0 Å². The standard InChI is InChI=1S/C10H25NSi2/c1-13(2,3)10(6-4-8-11)7-5-9-12-10/h4-9,11-12H2,1-3H3. The van der Waals surface area contributed by atoms with E-state index < -0.39 is 8.07 Å². The third-order valence-corrected chi connectivity index (χ3v) is 14.1. The van der Waals surface area contributed by atoms with E-state index in [1.165, 1.54) is 19.3 Å². The van der Waals surface area contributed by atoms with Crippen molar-refractivity contribution in [2.24, 2.45) is 5.73 Å². The summed E-state index contributed by atoms with van der Waals surface area (Å²) in [5.74, 6) is 0. The molecular weight excluding hydrogens is 190 g/mol. The molecule has 0 bridgehead atoms. The van der Waals surface area contributed by atoms with Gasteiger partial charge >= 0.3 is 0 Å². The molecule has 1 rings (SSSR count). The molecule has 0 aromatic carbocycles. The van der Waals surface area contributed by atoms with Gasteiger partial charge in [0.15, 0.2) is 0 Å². The van der Waals surface area contributed by atoms with Crippen molar-refractivity contribution in [3.63, 3.8) is 0 Å². The van der Waals surface area contributed by atoms with Gasteiger partial charge in [-0.15, -0.1) is 0 Å². The molecule has 1 saturated heterocycles. The minimum atomic E-state index is -0.905. The normalized spacial score (nSPS) is 31.4. The molecule has 13 heavy (non-hydrogen) atoms. The summed E-state index contributed by atoms with van der Waals surface area (Å²) < 4.78 is 0.881. The monoisotopic (exact) mass is 215 g/mol. The van der Waals surface area contributed by atoms with Gasteiger partial charge in [0.05, 0.1) is 0 Å². The van der Waals surface area contributed by atoms with E-state index in [1.807, 2.05) is 0 Å². The molecule has 1 heterocycles. The first kappa shape index (κ1) is 11.5. The maximum atomic E-state index is 5.64. The molecule has 78 valence electrons. The van der Waals surface area contributed by atoms with Gasteiger partial charge in [-0.05, 0) is 17.6 Å². The van der Waals surface area contributed by atoms with Gasteiger partial charge in [0.25, 0.3) is 0 Å². The lowest BCUT2D eigenvalue weighted by Crippen LogP contribution is -2.41. The highest BCUT2D eigenvalue weighted by atomic mass is 28.4. The first-order chi connectivity index (χ1) is 6.02. The van der Waals surface area contributed by atoms with Crippen LogP contribution in [0, 0.1) is 0 Å². The van der Waals surface area contributed by atoms with E-state index >= 15 is 0 Å². The fourth-order valence-corrected chi connectivity index (χ4v) is 10.4. The van der Waals surface area contributed by atoms with Gasteiger partial charge in [-0.2, -0.15) is 0 Å². The molecule has 0 saturated carbocycles. The van der Waals surface area contributed by atoms with Gasteiger partial charge in [-0.25, -0.2) is 0 Å². The SMILES string of the molecule is C[Si](C)(C)C1(CCCN)CCC[SiH2]1. The summed E-state index contributed by atoms with van der Waals surface area (Å²) in [6.45, 7) is 8.62. The summed E-state index contributed by atoms with van der Waals surface area (Å²) in [6, 6.07) is 1.61. The Balaban J connectivity index is 2.64. The summed E-state index contributed by atoms with van der Waals surface area (Å²) in [5.41, 5.74) is 5.64. The molecule has 0 aromatic rings. The van der Waals surface area contributed by atoms with Gasteiger partial charge < -0.3 is 5.73 Å². The van der Waals surface area contributed by atoms with Crippen LogP contribution in [0.15, 0.2) is 0 Å². The van der Waals surface area contributed by atoms with E-state index in [4.69, 9.17) is 5.73 Å². The first-order valence-corrected chi connectivity index (χ1v) is 10.9. The highest BCUT2D eigenvalue weighted by Gasteiger charge is 2.44. The van der Waals surface area contributed by atoms with Crippen LogP contribution in [0.5, 0.6) is 0 Å². The highest BCUT2D eigenvalue weighted by molar-refractivity contribution is 6.87. The molecule has 1 fully saturated rings. The van der Waals surface area contributed by atoms with Gasteiger partial charge in [-0.1, -0.05) is 44.9 Å². The Morgan fingerprint density at radius 1 is 1.38 bits per heavy atom. The lowest BCUT2D eigenvalue weighted by Gasteiger charge is -2.40. The van der Waals surface area contributed by atoms with Crippen LogP contribution in [0.25, 0.3) is 0 Å². The van der Waals surface area contributed by atoms with Crippen LogP contribution >= 0.6 is 0 Å². The Bertz CT molecular complexity index is 157. The fourth-order valence-electron chi connectivity index (χ4n) is 2.87. The second kappa shape index (κ2) is 4.28. The van der Waals surface area contributed by atoms with E-state index in [9.17, 15) is 0 Å². The lowest BCUT2D eigenvalue weighted by molar-refractivity contribution is 0.593. The summed E-state index contributed by atoms with van der Waals surface area (Å²) in [6.07, 6.45) is 5.82. The molecule has 1 aliphatic heterocycles. The Morgan fingerprint density at radius 2 is 2.08 bits per heavy atom. The molecule has 1 nitrogen and oxygen atoms in total. The quantitative estimate of drug-likeness (QED) is 0.715. The number of hydrogen-bond acceptors (Lipinski definition) is 1. The van der Waals surface area contributed by atoms with Crippen LogP contribution in [-0.2, 0) is 0 Å². The Morgan fingerprint density at radius 3 is 2.46 bits per heavy atom. The zero-order valence-corrected chi connectivity index (χ0v) is 11.9. The Kier molecular flexibility index (Phi) is 3.77. The van der Waals surface area contributed by atoms with E-state index in [2.05, 4.69) is 19.6 Å². The minimum Gasteiger partial charge on any atom is -0.330 e. The van der Waals surface area contributed by atoms with Crippen molar-refractivity contribution >= 4 is 17.6 Å². The largest absolute Gasteiger partial charge is 0.330 e. The smallest absolute Gasteiger partial charge is 0.0473 e. The average Bonchev–Trinajstić information content (AvgIpc) is 2.48. The summed E-state index contributed by atoms with van der Waals surface area (Å²) in [5, 5.41) is 0. The molecule has 1 unspecified atom stereocenters. The van der Waals surface area contributed by atoms with Crippen LogP contribution in [0.4, 0.5) is 0 Å². The molecular formula is C10H25NSi2. The van der Waals surface area contributed by atoms with Crippen LogP contribution in [0.3, 0.4) is 0 Å².